The number of primary amides is 1. The van der Waals surface area contributed by atoms with Crippen molar-refractivity contribution < 1.29 is 4.79 Å². The number of hydrogen-bond donors (Lipinski definition) is 2. The van der Waals surface area contributed by atoms with Crippen molar-refractivity contribution in [1.29, 1.82) is 0 Å². The SMILES string of the molecule is NC(=O)CCCNC1CCN(c2ccncc2)CC1. The first-order valence-electron chi connectivity index (χ1n) is 6.92. The van der Waals surface area contributed by atoms with Crippen molar-refractivity contribution in [2.75, 3.05) is 24.5 Å². The summed E-state index contributed by atoms with van der Waals surface area (Å²) in [7, 11) is 0. The number of aromatic nitrogens is 1. The second-order valence-corrected chi connectivity index (χ2v) is 4.99. The van der Waals surface area contributed by atoms with E-state index < -0.39 is 0 Å². The number of amides is 1. The van der Waals surface area contributed by atoms with Crippen molar-refractivity contribution in [3.63, 3.8) is 0 Å². The number of nitrogens with one attached hydrogen (secondary N) is 1. The van der Waals surface area contributed by atoms with Crippen LogP contribution >= 0.6 is 0 Å². The molecule has 5 heteroatoms. The van der Waals surface area contributed by atoms with E-state index in [0.717, 1.165) is 38.9 Å². The fraction of sp³-hybridized carbons (Fsp3) is 0.571. The number of carbonyl (C=O) groups excluding carboxylic acids is 1. The molecule has 0 aromatic carbocycles. The van der Waals surface area contributed by atoms with E-state index >= 15 is 0 Å². The van der Waals surface area contributed by atoms with Crippen LogP contribution in [0.1, 0.15) is 25.7 Å². The molecule has 19 heavy (non-hydrogen) atoms. The Bertz CT molecular complexity index is 388. The second kappa shape index (κ2) is 7.09. The number of nitrogens with two attached hydrogens (primary N) is 1. The molecule has 1 amide bonds. The van der Waals surface area contributed by atoms with E-state index in [0.29, 0.717) is 12.5 Å². The molecule has 1 saturated heterocycles. The highest BCUT2D eigenvalue weighted by Gasteiger charge is 2.18. The quantitative estimate of drug-likeness (QED) is 0.747. The fourth-order valence-corrected chi connectivity index (χ4v) is 2.47. The molecule has 0 spiro atoms. The standard InChI is InChI=1S/C14H22N4O/c15-14(19)2-1-7-17-12-5-10-18(11-6-12)13-3-8-16-9-4-13/h3-4,8-9,12,17H,1-2,5-7,10-11H2,(H2,15,19). The third-order valence-electron chi connectivity index (χ3n) is 3.56. The van der Waals surface area contributed by atoms with Crippen LogP contribution in [0, 0.1) is 0 Å². The van der Waals surface area contributed by atoms with Gasteiger partial charge in [-0.05, 0) is 37.9 Å². The molecule has 2 heterocycles. The van der Waals surface area contributed by atoms with Gasteiger partial charge in [0.1, 0.15) is 0 Å². The summed E-state index contributed by atoms with van der Waals surface area (Å²) in [4.78, 5) is 17.1. The first kappa shape index (κ1) is 13.8. The summed E-state index contributed by atoms with van der Waals surface area (Å²) in [6.07, 6.45) is 7.26. The van der Waals surface area contributed by atoms with Gasteiger partial charge >= 0.3 is 0 Å². The van der Waals surface area contributed by atoms with Crippen LogP contribution in [0.5, 0.6) is 0 Å². The lowest BCUT2D eigenvalue weighted by Gasteiger charge is -2.34. The van der Waals surface area contributed by atoms with E-state index in [2.05, 4.69) is 27.3 Å². The van der Waals surface area contributed by atoms with Crippen LogP contribution in [0.4, 0.5) is 5.69 Å². The molecule has 0 unspecified atom stereocenters. The van der Waals surface area contributed by atoms with Gasteiger partial charge in [0, 0.05) is 43.6 Å². The Labute approximate surface area is 114 Å². The van der Waals surface area contributed by atoms with Crippen molar-refractivity contribution >= 4 is 11.6 Å². The highest BCUT2D eigenvalue weighted by molar-refractivity contribution is 5.73. The fourth-order valence-electron chi connectivity index (χ4n) is 2.47. The molecular weight excluding hydrogens is 240 g/mol. The smallest absolute Gasteiger partial charge is 0.217 e. The largest absolute Gasteiger partial charge is 0.371 e. The molecule has 3 N–H and O–H groups in total. The van der Waals surface area contributed by atoms with Crippen molar-refractivity contribution in [3.8, 4) is 0 Å². The molecule has 0 atom stereocenters. The molecular formula is C14H22N4O. The van der Waals surface area contributed by atoms with E-state index in [9.17, 15) is 4.79 Å². The minimum atomic E-state index is -0.214. The van der Waals surface area contributed by atoms with Gasteiger partial charge in [-0.1, -0.05) is 0 Å². The molecule has 1 fully saturated rings. The van der Waals surface area contributed by atoms with Crippen LogP contribution in [0.2, 0.25) is 0 Å². The lowest BCUT2D eigenvalue weighted by atomic mass is 10.0. The first-order valence-corrected chi connectivity index (χ1v) is 6.92. The number of rotatable bonds is 6. The average molecular weight is 262 g/mol. The molecule has 0 aliphatic carbocycles. The Hall–Kier alpha value is -1.62. The predicted octanol–water partition coefficient (Wildman–Crippen LogP) is 0.906. The third kappa shape index (κ3) is 4.52. The van der Waals surface area contributed by atoms with Crippen molar-refractivity contribution in [3.05, 3.63) is 24.5 Å². The second-order valence-electron chi connectivity index (χ2n) is 4.99. The lowest BCUT2D eigenvalue weighted by Crippen LogP contribution is -2.42. The number of pyridine rings is 1. The maximum Gasteiger partial charge on any atom is 0.217 e. The molecule has 0 radical (unpaired) electrons. The molecule has 2 rings (SSSR count). The van der Waals surface area contributed by atoms with Gasteiger partial charge in [0.25, 0.3) is 0 Å². The molecule has 0 bridgehead atoms. The summed E-state index contributed by atoms with van der Waals surface area (Å²) in [6.45, 7) is 3.01. The number of carbonyl (C=O) groups is 1. The van der Waals surface area contributed by atoms with E-state index in [-0.39, 0.29) is 5.91 Å². The summed E-state index contributed by atoms with van der Waals surface area (Å²) >= 11 is 0. The predicted molar refractivity (Wildman–Crippen MR) is 75.9 cm³/mol. The van der Waals surface area contributed by atoms with Crippen molar-refractivity contribution in [1.82, 2.24) is 10.3 Å². The zero-order chi connectivity index (χ0) is 13.5. The van der Waals surface area contributed by atoms with E-state index in [1.54, 1.807) is 0 Å². The van der Waals surface area contributed by atoms with Gasteiger partial charge in [-0.15, -0.1) is 0 Å². The zero-order valence-electron chi connectivity index (χ0n) is 11.2. The number of piperidine rings is 1. The van der Waals surface area contributed by atoms with Crippen LogP contribution in [0.15, 0.2) is 24.5 Å². The Balaban J connectivity index is 1.67. The summed E-state index contributed by atoms with van der Waals surface area (Å²) in [6, 6.07) is 4.67. The molecule has 5 nitrogen and oxygen atoms in total. The average Bonchev–Trinajstić information content (AvgIpc) is 2.45. The van der Waals surface area contributed by atoms with Crippen LogP contribution < -0.4 is 16.0 Å². The van der Waals surface area contributed by atoms with Gasteiger partial charge in [0.05, 0.1) is 0 Å². The minimum Gasteiger partial charge on any atom is -0.371 e. The monoisotopic (exact) mass is 262 g/mol. The van der Waals surface area contributed by atoms with Crippen LogP contribution in [0.3, 0.4) is 0 Å². The summed E-state index contributed by atoms with van der Waals surface area (Å²) in [5.41, 5.74) is 6.37. The Morgan fingerprint density at radius 3 is 2.68 bits per heavy atom. The molecule has 1 aliphatic heterocycles. The van der Waals surface area contributed by atoms with Gasteiger partial charge < -0.3 is 16.0 Å². The number of nitrogens with zero attached hydrogens (tertiary/aromatic N) is 2. The van der Waals surface area contributed by atoms with Gasteiger partial charge in [-0.3, -0.25) is 9.78 Å². The third-order valence-corrected chi connectivity index (χ3v) is 3.56. The number of hydrogen-bond acceptors (Lipinski definition) is 4. The Kier molecular flexibility index (Phi) is 5.15. The zero-order valence-corrected chi connectivity index (χ0v) is 11.2. The van der Waals surface area contributed by atoms with Crippen LogP contribution in [-0.2, 0) is 4.79 Å². The number of anilines is 1. The van der Waals surface area contributed by atoms with Crippen molar-refractivity contribution in [2.45, 2.75) is 31.7 Å². The van der Waals surface area contributed by atoms with E-state index in [4.69, 9.17) is 5.73 Å². The van der Waals surface area contributed by atoms with E-state index in [1.165, 1.54) is 5.69 Å². The van der Waals surface area contributed by atoms with Crippen LogP contribution in [0.25, 0.3) is 0 Å². The Morgan fingerprint density at radius 2 is 2.05 bits per heavy atom. The molecule has 0 saturated carbocycles. The lowest BCUT2D eigenvalue weighted by molar-refractivity contribution is -0.118. The Morgan fingerprint density at radius 1 is 1.37 bits per heavy atom. The maximum absolute atomic E-state index is 10.6. The summed E-state index contributed by atoms with van der Waals surface area (Å²) in [5, 5.41) is 3.50. The highest BCUT2D eigenvalue weighted by atomic mass is 16.1. The molecule has 1 aromatic rings. The molecule has 1 aliphatic rings. The van der Waals surface area contributed by atoms with Gasteiger partial charge in [-0.25, -0.2) is 0 Å². The van der Waals surface area contributed by atoms with E-state index in [1.807, 2.05) is 12.4 Å². The summed E-state index contributed by atoms with van der Waals surface area (Å²) in [5.74, 6) is -0.214. The maximum atomic E-state index is 10.6. The topological polar surface area (TPSA) is 71.2 Å². The van der Waals surface area contributed by atoms with Gasteiger partial charge in [-0.2, -0.15) is 0 Å². The minimum absolute atomic E-state index is 0.214. The van der Waals surface area contributed by atoms with Crippen LogP contribution in [-0.4, -0.2) is 36.6 Å². The summed E-state index contributed by atoms with van der Waals surface area (Å²) < 4.78 is 0. The molecule has 1 aromatic heterocycles. The molecule has 104 valence electrons. The first-order chi connectivity index (χ1) is 9.25. The highest BCUT2D eigenvalue weighted by Crippen LogP contribution is 2.18. The normalized spacial score (nSPS) is 16.5. The van der Waals surface area contributed by atoms with Crippen molar-refractivity contribution in [2.24, 2.45) is 5.73 Å². The van der Waals surface area contributed by atoms with Gasteiger partial charge in [0.15, 0.2) is 0 Å². The van der Waals surface area contributed by atoms with Gasteiger partial charge in [0.2, 0.25) is 5.91 Å².